The van der Waals surface area contributed by atoms with Crippen LogP contribution in [0.4, 0.5) is 0 Å². The van der Waals surface area contributed by atoms with Crippen LogP contribution in [-0.4, -0.2) is 81.5 Å². The average Bonchev–Trinajstić information content (AvgIpc) is 2.66. The second-order valence-electron chi connectivity index (χ2n) is 6.47. The maximum Gasteiger partial charge on any atom is 0.325 e. The van der Waals surface area contributed by atoms with Gasteiger partial charge in [0.25, 0.3) is 0 Å². The quantitative estimate of drug-likeness (QED) is 0.187. The number of hydrogen-bond acceptors (Lipinski definition) is 7. The van der Waals surface area contributed by atoms with Crippen LogP contribution in [0.15, 0.2) is 0 Å². The van der Waals surface area contributed by atoms with E-state index in [1.54, 1.807) is 11.8 Å². The predicted molar refractivity (Wildman–Crippen MR) is 115 cm³/mol. The van der Waals surface area contributed by atoms with Crippen molar-refractivity contribution in [1.29, 1.82) is 0 Å². The summed E-state index contributed by atoms with van der Waals surface area (Å²) in [6.45, 7) is 4.18. The summed E-state index contributed by atoms with van der Waals surface area (Å²) in [7, 11) is -3.36. The number of ether oxygens (including phenoxy) is 2. The maximum atomic E-state index is 11.7. The minimum atomic E-state index is -3.36. The SMILES string of the molecule is CSCCC(=O)NCCOCCOCCC(=O)NCCCCCCOP(C)(=O)O. The molecule has 0 saturated carbocycles. The minimum Gasteiger partial charge on any atom is -0.379 e. The van der Waals surface area contributed by atoms with E-state index in [1.165, 1.54) is 6.66 Å². The Morgan fingerprint density at radius 2 is 1.48 bits per heavy atom. The molecule has 2 amide bonds. The van der Waals surface area contributed by atoms with Crippen LogP contribution in [0.5, 0.6) is 0 Å². The molecule has 172 valence electrons. The van der Waals surface area contributed by atoms with Crippen molar-refractivity contribution >= 4 is 31.2 Å². The summed E-state index contributed by atoms with van der Waals surface area (Å²) in [6.07, 6.45) is 6.20. The highest BCUT2D eigenvalue weighted by Gasteiger charge is 2.08. The molecule has 0 saturated heterocycles. The Morgan fingerprint density at radius 1 is 0.862 bits per heavy atom. The maximum absolute atomic E-state index is 11.7. The zero-order valence-corrected chi connectivity index (χ0v) is 19.4. The number of carbonyl (C=O) groups excluding carboxylic acids is 2. The average molecular weight is 457 g/mol. The first-order valence-electron chi connectivity index (χ1n) is 9.98. The lowest BCUT2D eigenvalue weighted by Gasteiger charge is -2.08. The van der Waals surface area contributed by atoms with Gasteiger partial charge in [0.15, 0.2) is 0 Å². The van der Waals surface area contributed by atoms with Gasteiger partial charge >= 0.3 is 7.60 Å². The molecule has 0 fully saturated rings. The summed E-state index contributed by atoms with van der Waals surface area (Å²) < 4.78 is 26.4. The van der Waals surface area contributed by atoms with Crippen molar-refractivity contribution in [3.8, 4) is 0 Å². The van der Waals surface area contributed by atoms with Crippen molar-refractivity contribution in [2.45, 2.75) is 38.5 Å². The molecule has 0 aliphatic rings. The zero-order valence-electron chi connectivity index (χ0n) is 17.7. The van der Waals surface area contributed by atoms with Crippen LogP contribution in [-0.2, 0) is 28.2 Å². The van der Waals surface area contributed by atoms with Crippen molar-refractivity contribution in [1.82, 2.24) is 10.6 Å². The van der Waals surface area contributed by atoms with Crippen LogP contribution in [0, 0.1) is 0 Å². The molecule has 0 aliphatic heterocycles. The highest BCUT2D eigenvalue weighted by atomic mass is 32.2. The van der Waals surface area contributed by atoms with Crippen LogP contribution in [0.2, 0.25) is 0 Å². The lowest BCUT2D eigenvalue weighted by molar-refractivity contribution is -0.122. The predicted octanol–water partition coefficient (Wildman–Crippen LogP) is 1.79. The van der Waals surface area contributed by atoms with Gasteiger partial charge in [-0.05, 0) is 19.1 Å². The standard InChI is InChI=1S/C18H37N2O7PS/c1-28(23,24)27-11-6-4-3-5-9-19-17(21)7-12-25-14-15-26-13-10-20-18(22)8-16-29-2/h3-16H2,1-2H3,(H,19,21)(H,20,22)(H,23,24). The molecule has 0 aromatic carbocycles. The Balaban J connectivity index is 3.28. The van der Waals surface area contributed by atoms with E-state index in [-0.39, 0.29) is 18.4 Å². The molecule has 0 spiro atoms. The van der Waals surface area contributed by atoms with Crippen molar-refractivity contribution < 1.29 is 33.0 Å². The minimum absolute atomic E-state index is 0.0360. The van der Waals surface area contributed by atoms with Crippen molar-refractivity contribution in [3.63, 3.8) is 0 Å². The molecule has 11 heteroatoms. The lowest BCUT2D eigenvalue weighted by atomic mass is 10.2. The van der Waals surface area contributed by atoms with Crippen molar-refractivity contribution in [3.05, 3.63) is 0 Å². The monoisotopic (exact) mass is 456 g/mol. The number of rotatable bonds is 20. The largest absolute Gasteiger partial charge is 0.379 e. The molecule has 0 aromatic heterocycles. The van der Waals surface area contributed by atoms with Gasteiger partial charge in [-0.1, -0.05) is 12.8 Å². The van der Waals surface area contributed by atoms with Gasteiger partial charge in [-0.2, -0.15) is 11.8 Å². The molecule has 0 radical (unpaired) electrons. The molecule has 0 aromatic rings. The van der Waals surface area contributed by atoms with Gasteiger partial charge in [0.05, 0.1) is 33.0 Å². The number of amides is 2. The Hall–Kier alpha value is -0.640. The number of carbonyl (C=O) groups is 2. The summed E-state index contributed by atoms with van der Waals surface area (Å²) in [5, 5.41) is 5.61. The van der Waals surface area contributed by atoms with E-state index < -0.39 is 7.60 Å². The number of thioether (sulfide) groups is 1. The number of unbranched alkanes of at least 4 members (excludes halogenated alkanes) is 3. The molecule has 0 rings (SSSR count). The first kappa shape index (κ1) is 28.4. The Morgan fingerprint density at radius 3 is 2.17 bits per heavy atom. The lowest BCUT2D eigenvalue weighted by Crippen LogP contribution is -2.28. The van der Waals surface area contributed by atoms with Crippen LogP contribution >= 0.6 is 19.4 Å². The topological polar surface area (TPSA) is 123 Å². The molecule has 29 heavy (non-hydrogen) atoms. The van der Waals surface area contributed by atoms with Gasteiger partial charge in [-0.25, -0.2) is 0 Å². The van der Waals surface area contributed by atoms with Crippen molar-refractivity contribution in [2.75, 3.05) is 64.8 Å². The molecular formula is C18H37N2O7PS. The summed E-state index contributed by atoms with van der Waals surface area (Å²) >= 11 is 1.64. The third kappa shape index (κ3) is 23.5. The molecule has 0 heterocycles. The van der Waals surface area contributed by atoms with E-state index in [1.807, 2.05) is 6.26 Å². The smallest absolute Gasteiger partial charge is 0.325 e. The molecule has 0 aliphatic carbocycles. The number of hydrogen-bond donors (Lipinski definition) is 3. The highest BCUT2D eigenvalue weighted by molar-refractivity contribution is 7.98. The van der Waals surface area contributed by atoms with Gasteiger partial charge in [0, 0.05) is 38.3 Å². The van der Waals surface area contributed by atoms with E-state index >= 15 is 0 Å². The first-order chi connectivity index (χ1) is 13.8. The molecule has 3 N–H and O–H groups in total. The van der Waals surface area contributed by atoms with Crippen LogP contribution in [0.3, 0.4) is 0 Å². The van der Waals surface area contributed by atoms with Crippen LogP contribution in [0.25, 0.3) is 0 Å². The summed E-state index contributed by atoms with van der Waals surface area (Å²) in [5.74, 6) is 0.808. The molecule has 1 atom stereocenters. The van der Waals surface area contributed by atoms with Crippen molar-refractivity contribution in [2.24, 2.45) is 0 Å². The second kappa shape index (κ2) is 19.3. The van der Waals surface area contributed by atoms with E-state index in [0.717, 1.165) is 31.4 Å². The van der Waals surface area contributed by atoms with E-state index in [2.05, 4.69) is 10.6 Å². The van der Waals surface area contributed by atoms with Gasteiger partial charge in [-0.15, -0.1) is 0 Å². The van der Waals surface area contributed by atoms with Gasteiger partial charge in [0.2, 0.25) is 11.8 Å². The Kier molecular flexibility index (Phi) is 18.9. The van der Waals surface area contributed by atoms with E-state index in [4.69, 9.17) is 18.9 Å². The first-order valence-corrected chi connectivity index (χ1v) is 13.4. The fourth-order valence-electron chi connectivity index (χ4n) is 2.16. The van der Waals surface area contributed by atoms with Gasteiger partial charge in [-0.3, -0.25) is 14.2 Å². The van der Waals surface area contributed by atoms with Gasteiger partial charge in [0.1, 0.15) is 0 Å². The van der Waals surface area contributed by atoms with Gasteiger partial charge < -0.3 is 29.5 Å². The van der Waals surface area contributed by atoms with Crippen LogP contribution < -0.4 is 10.6 Å². The third-order valence-corrected chi connectivity index (χ3v) is 4.95. The normalized spacial score (nSPS) is 13.1. The fourth-order valence-corrected chi connectivity index (χ4v) is 3.02. The van der Waals surface area contributed by atoms with Crippen LogP contribution in [0.1, 0.15) is 38.5 Å². The summed E-state index contributed by atoms with van der Waals surface area (Å²) in [4.78, 5) is 32.0. The molecular weight excluding hydrogens is 419 g/mol. The second-order valence-corrected chi connectivity index (χ2v) is 9.32. The molecule has 9 nitrogen and oxygen atoms in total. The fraction of sp³-hybridized carbons (Fsp3) is 0.889. The number of nitrogens with one attached hydrogen (secondary N) is 2. The van der Waals surface area contributed by atoms with E-state index in [9.17, 15) is 14.2 Å². The van der Waals surface area contributed by atoms with E-state index in [0.29, 0.717) is 52.4 Å². The summed E-state index contributed by atoms with van der Waals surface area (Å²) in [6, 6.07) is 0. The Labute approximate surface area is 178 Å². The molecule has 1 unspecified atom stereocenters. The third-order valence-electron chi connectivity index (χ3n) is 3.67. The highest BCUT2D eigenvalue weighted by Crippen LogP contribution is 2.36. The molecule has 0 bridgehead atoms. The summed E-state index contributed by atoms with van der Waals surface area (Å²) in [5.41, 5.74) is 0. The Bertz CT molecular complexity index is 477. The zero-order chi connectivity index (χ0) is 21.8.